The molecular formula is C10H10ClN3O. The molecule has 0 aliphatic carbocycles. The molecule has 0 spiro atoms. The van der Waals surface area contributed by atoms with E-state index in [2.05, 4.69) is 4.98 Å². The zero-order valence-corrected chi connectivity index (χ0v) is 8.95. The molecule has 0 atom stereocenters. The average Bonchev–Trinajstić information content (AvgIpc) is 2.54. The first kappa shape index (κ1) is 10.1. The van der Waals surface area contributed by atoms with E-state index in [1.54, 1.807) is 10.6 Å². The first-order chi connectivity index (χ1) is 7.13. The normalized spacial score (nSPS) is 10.9. The monoisotopic (exact) mass is 223 g/mol. The molecule has 0 unspecified atom stereocenters. The summed E-state index contributed by atoms with van der Waals surface area (Å²) >= 11 is 6.01. The molecule has 0 bridgehead atoms. The lowest BCUT2D eigenvalue weighted by molar-refractivity contribution is 0.0997. The van der Waals surface area contributed by atoms with E-state index < -0.39 is 0 Å². The Bertz CT molecular complexity index is 533. The maximum Gasteiger partial charge on any atom is 0.197 e. The maximum absolute atomic E-state index is 11.4. The van der Waals surface area contributed by atoms with Gasteiger partial charge < -0.3 is 5.73 Å². The highest BCUT2D eigenvalue weighted by Crippen LogP contribution is 2.19. The number of hydrogen-bond donors (Lipinski definition) is 1. The second-order valence-electron chi connectivity index (χ2n) is 3.31. The molecule has 0 aliphatic heterocycles. The van der Waals surface area contributed by atoms with Gasteiger partial charge >= 0.3 is 0 Å². The molecule has 2 rings (SSSR count). The first-order valence-corrected chi connectivity index (χ1v) is 4.88. The van der Waals surface area contributed by atoms with Gasteiger partial charge in [0.15, 0.2) is 5.78 Å². The van der Waals surface area contributed by atoms with E-state index in [0.29, 0.717) is 10.8 Å². The zero-order chi connectivity index (χ0) is 11.0. The molecule has 0 amide bonds. The predicted octanol–water partition coefficient (Wildman–Crippen LogP) is 1.44. The number of aryl methyl sites for hydroxylation is 1. The Morgan fingerprint density at radius 3 is 3.07 bits per heavy atom. The van der Waals surface area contributed by atoms with Gasteiger partial charge in [0.05, 0.1) is 6.54 Å². The van der Waals surface area contributed by atoms with Gasteiger partial charge in [0.1, 0.15) is 16.5 Å². The molecule has 0 aromatic carbocycles. The number of rotatable bonds is 2. The lowest BCUT2D eigenvalue weighted by atomic mass is 10.3. The Morgan fingerprint density at radius 1 is 1.67 bits per heavy atom. The van der Waals surface area contributed by atoms with E-state index in [-0.39, 0.29) is 18.0 Å². The highest BCUT2D eigenvalue weighted by Gasteiger charge is 2.15. The quantitative estimate of drug-likeness (QED) is 0.784. The minimum atomic E-state index is -0.249. The second kappa shape index (κ2) is 3.64. The predicted molar refractivity (Wildman–Crippen MR) is 58.3 cm³/mol. The number of imidazole rings is 1. The average molecular weight is 224 g/mol. The summed E-state index contributed by atoms with van der Waals surface area (Å²) in [6.07, 6.45) is 1.79. The molecule has 0 fully saturated rings. The van der Waals surface area contributed by atoms with Crippen molar-refractivity contribution >= 4 is 23.0 Å². The van der Waals surface area contributed by atoms with E-state index in [1.165, 1.54) is 0 Å². The smallest absolute Gasteiger partial charge is 0.197 e. The Kier molecular flexibility index (Phi) is 2.46. The molecule has 2 aromatic heterocycles. The fraction of sp³-hybridized carbons (Fsp3) is 0.200. The molecule has 2 N–H and O–H groups in total. The molecule has 2 aromatic rings. The highest BCUT2D eigenvalue weighted by atomic mass is 35.5. The van der Waals surface area contributed by atoms with Gasteiger partial charge in [-0.05, 0) is 24.6 Å². The van der Waals surface area contributed by atoms with Gasteiger partial charge in [0, 0.05) is 6.20 Å². The first-order valence-electron chi connectivity index (χ1n) is 4.51. The van der Waals surface area contributed by atoms with E-state index in [4.69, 9.17) is 17.3 Å². The number of carbonyl (C=O) groups excluding carboxylic acids is 1. The Labute approximate surface area is 91.7 Å². The molecule has 0 saturated heterocycles. The summed E-state index contributed by atoms with van der Waals surface area (Å²) in [4.78, 5) is 15.5. The standard InChI is InChI=1S/C10H10ClN3O/c1-6-2-3-14-8(4-6)13-9(10(14)11)7(15)5-12/h2-4H,5,12H2,1H3. The number of fused-ring (bicyclic) bond motifs is 1. The van der Waals surface area contributed by atoms with Gasteiger partial charge in [0.2, 0.25) is 0 Å². The van der Waals surface area contributed by atoms with E-state index in [9.17, 15) is 4.79 Å². The molecule has 5 heteroatoms. The van der Waals surface area contributed by atoms with E-state index >= 15 is 0 Å². The Morgan fingerprint density at radius 2 is 2.40 bits per heavy atom. The van der Waals surface area contributed by atoms with Crippen molar-refractivity contribution in [3.8, 4) is 0 Å². The number of nitrogens with two attached hydrogens (primary N) is 1. The van der Waals surface area contributed by atoms with Crippen LogP contribution in [0.4, 0.5) is 0 Å². The molecule has 0 radical (unpaired) electrons. The van der Waals surface area contributed by atoms with Crippen molar-refractivity contribution in [2.75, 3.05) is 6.54 Å². The van der Waals surface area contributed by atoms with Crippen molar-refractivity contribution in [2.24, 2.45) is 5.73 Å². The van der Waals surface area contributed by atoms with Gasteiger partial charge in [-0.2, -0.15) is 0 Å². The zero-order valence-electron chi connectivity index (χ0n) is 8.20. The number of pyridine rings is 1. The van der Waals surface area contributed by atoms with Crippen LogP contribution in [0, 0.1) is 6.92 Å². The van der Waals surface area contributed by atoms with Crippen LogP contribution in [-0.4, -0.2) is 21.7 Å². The van der Waals surface area contributed by atoms with Crippen LogP contribution in [0.5, 0.6) is 0 Å². The second-order valence-corrected chi connectivity index (χ2v) is 3.67. The van der Waals surface area contributed by atoms with E-state index in [0.717, 1.165) is 5.56 Å². The SMILES string of the molecule is Cc1ccn2c(Cl)c(C(=O)CN)nc2c1. The fourth-order valence-electron chi connectivity index (χ4n) is 1.39. The van der Waals surface area contributed by atoms with Crippen LogP contribution in [0.1, 0.15) is 16.1 Å². The van der Waals surface area contributed by atoms with Crippen molar-refractivity contribution in [1.82, 2.24) is 9.38 Å². The summed E-state index contributed by atoms with van der Waals surface area (Å²) in [6.45, 7) is 1.87. The summed E-state index contributed by atoms with van der Waals surface area (Å²) in [5.74, 6) is -0.249. The number of ketones is 1. The molecule has 0 aliphatic rings. The van der Waals surface area contributed by atoms with Gasteiger partial charge in [0.25, 0.3) is 0 Å². The fourth-order valence-corrected chi connectivity index (χ4v) is 1.68. The third kappa shape index (κ3) is 1.62. The van der Waals surface area contributed by atoms with Crippen LogP contribution < -0.4 is 5.73 Å². The highest BCUT2D eigenvalue weighted by molar-refractivity contribution is 6.33. The molecule has 0 saturated carbocycles. The molecular weight excluding hydrogens is 214 g/mol. The number of nitrogens with zero attached hydrogens (tertiary/aromatic N) is 2. The largest absolute Gasteiger partial charge is 0.324 e. The summed E-state index contributed by atoms with van der Waals surface area (Å²) in [5, 5.41) is 0.320. The van der Waals surface area contributed by atoms with Crippen molar-refractivity contribution in [2.45, 2.75) is 6.92 Å². The summed E-state index contributed by atoms with van der Waals surface area (Å²) in [6, 6.07) is 3.76. The van der Waals surface area contributed by atoms with Crippen LogP contribution in [0.3, 0.4) is 0 Å². The third-order valence-electron chi connectivity index (χ3n) is 2.17. The van der Waals surface area contributed by atoms with E-state index in [1.807, 2.05) is 19.1 Å². The van der Waals surface area contributed by atoms with Crippen LogP contribution in [0.15, 0.2) is 18.3 Å². The number of hydrogen-bond acceptors (Lipinski definition) is 3. The van der Waals surface area contributed by atoms with Gasteiger partial charge in [-0.1, -0.05) is 11.6 Å². The number of Topliss-reactive ketones (excluding diaryl/α,β-unsaturated/α-hetero) is 1. The lowest BCUT2D eigenvalue weighted by Crippen LogP contribution is -2.14. The van der Waals surface area contributed by atoms with Gasteiger partial charge in [-0.25, -0.2) is 4.98 Å². The number of carbonyl (C=O) groups is 1. The summed E-state index contributed by atoms with van der Waals surface area (Å²) in [5.41, 5.74) is 7.24. The van der Waals surface area contributed by atoms with Crippen LogP contribution >= 0.6 is 11.6 Å². The summed E-state index contributed by atoms with van der Waals surface area (Å²) in [7, 11) is 0. The van der Waals surface area contributed by atoms with Crippen molar-refractivity contribution in [3.63, 3.8) is 0 Å². The van der Waals surface area contributed by atoms with Gasteiger partial charge in [-0.3, -0.25) is 9.20 Å². The summed E-state index contributed by atoms with van der Waals surface area (Å²) < 4.78 is 1.66. The third-order valence-corrected chi connectivity index (χ3v) is 2.53. The van der Waals surface area contributed by atoms with Gasteiger partial charge in [-0.15, -0.1) is 0 Å². The van der Waals surface area contributed by atoms with Crippen LogP contribution in [0.2, 0.25) is 5.15 Å². The Balaban J connectivity index is 2.69. The lowest BCUT2D eigenvalue weighted by Gasteiger charge is -1.95. The number of aromatic nitrogens is 2. The van der Waals surface area contributed by atoms with Crippen molar-refractivity contribution < 1.29 is 4.79 Å². The molecule has 78 valence electrons. The van der Waals surface area contributed by atoms with Crippen molar-refractivity contribution in [3.05, 3.63) is 34.7 Å². The maximum atomic E-state index is 11.4. The molecule has 4 nitrogen and oxygen atoms in total. The molecule has 2 heterocycles. The minimum Gasteiger partial charge on any atom is -0.324 e. The van der Waals surface area contributed by atoms with Crippen LogP contribution in [-0.2, 0) is 0 Å². The minimum absolute atomic E-state index is 0.0808. The topological polar surface area (TPSA) is 60.4 Å². The molecule has 15 heavy (non-hydrogen) atoms. The number of halogens is 1. The van der Waals surface area contributed by atoms with Crippen LogP contribution in [0.25, 0.3) is 5.65 Å². The van der Waals surface area contributed by atoms with Crippen molar-refractivity contribution in [1.29, 1.82) is 0 Å². The Hall–Kier alpha value is -1.39.